The Morgan fingerprint density at radius 1 is 1.47 bits per heavy atom. The molecule has 17 heavy (non-hydrogen) atoms. The second-order valence-electron chi connectivity index (χ2n) is 4.26. The van der Waals surface area contributed by atoms with Gasteiger partial charge >= 0.3 is 0 Å². The fourth-order valence-electron chi connectivity index (χ4n) is 1.89. The Bertz CT molecular complexity index is 472. The molecule has 0 radical (unpaired) electrons. The van der Waals surface area contributed by atoms with Gasteiger partial charge in [0.2, 0.25) is 0 Å². The first-order valence-electron chi connectivity index (χ1n) is 5.98. The first-order valence-corrected chi connectivity index (χ1v) is 6.80. The molecule has 4 heteroatoms. The van der Waals surface area contributed by atoms with Gasteiger partial charge in [-0.15, -0.1) is 11.3 Å². The van der Waals surface area contributed by atoms with Crippen LogP contribution in [0.5, 0.6) is 0 Å². The molecule has 0 aromatic carbocycles. The van der Waals surface area contributed by atoms with Gasteiger partial charge in [0, 0.05) is 16.8 Å². The van der Waals surface area contributed by atoms with Crippen LogP contribution in [0.3, 0.4) is 0 Å². The van der Waals surface area contributed by atoms with Crippen molar-refractivity contribution in [3.05, 3.63) is 40.1 Å². The first-order chi connectivity index (χ1) is 8.22. The van der Waals surface area contributed by atoms with E-state index in [-0.39, 0.29) is 6.04 Å². The lowest BCUT2D eigenvalue weighted by molar-refractivity contribution is 0.576. The first kappa shape index (κ1) is 12.3. The third-order valence-electron chi connectivity index (χ3n) is 2.79. The van der Waals surface area contributed by atoms with Crippen LogP contribution in [0.1, 0.15) is 34.8 Å². The summed E-state index contributed by atoms with van der Waals surface area (Å²) >= 11 is 1.85. The summed E-state index contributed by atoms with van der Waals surface area (Å²) in [6.07, 6.45) is 4.94. The minimum atomic E-state index is 0.265. The summed E-state index contributed by atoms with van der Waals surface area (Å²) in [5, 5.41) is 3.59. The van der Waals surface area contributed by atoms with Crippen LogP contribution in [0, 0.1) is 6.92 Å². The Balaban J connectivity index is 2.28. The van der Waals surface area contributed by atoms with Gasteiger partial charge in [-0.25, -0.2) is 4.98 Å². The average Bonchev–Trinajstić information content (AvgIpc) is 2.90. The van der Waals surface area contributed by atoms with Gasteiger partial charge in [-0.3, -0.25) is 0 Å². The van der Waals surface area contributed by atoms with Crippen molar-refractivity contribution in [2.24, 2.45) is 7.05 Å². The Hall–Kier alpha value is -1.13. The molecule has 0 fully saturated rings. The van der Waals surface area contributed by atoms with E-state index < -0.39 is 0 Å². The van der Waals surface area contributed by atoms with Gasteiger partial charge in [0.1, 0.15) is 0 Å². The van der Waals surface area contributed by atoms with E-state index >= 15 is 0 Å². The van der Waals surface area contributed by atoms with Gasteiger partial charge in [0.05, 0.1) is 24.3 Å². The Morgan fingerprint density at radius 3 is 2.82 bits per heavy atom. The summed E-state index contributed by atoms with van der Waals surface area (Å²) in [6, 6.07) is 4.65. The maximum atomic E-state index is 4.21. The molecule has 1 N–H and O–H groups in total. The maximum Gasteiger partial charge on any atom is 0.0946 e. The van der Waals surface area contributed by atoms with Gasteiger partial charge in [-0.1, -0.05) is 6.92 Å². The van der Waals surface area contributed by atoms with E-state index in [1.165, 1.54) is 15.4 Å². The van der Waals surface area contributed by atoms with E-state index in [4.69, 9.17) is 0 Å². The van der Waals surface area contributed by atoms with Crippen molar-refractivity contribution >= 4 is 11.3 Å². The number of thiophene rings is 1. The fraction of sp³-hybridized carbons (Fsp3) is 0.462. The Labute approximate surface area is 107 Å². The monoisotopic (exact) mass is 249 g/mol. The smallest absolute Gasteiger partial charge is 0.0946 e. The molecule has 1 atom stereocenters. The highest BCUT2D eigenvalue weighted by atomic mass is 32.1. The molecule has 0 saturated heterocycles. The zero-order chi connectivity index (χ0) is 12.3. The zero-order valence-electron chi connectivity index (χ0n) is 10.6. The number of hydrogen-bond donors (Lipinski definition) is 1. The van der Waals surface area contributed by atoms with Gasteiger partial charge in [0.25, 0.3) is 0 Å². The van der Waals surface area contributed by atoms with E-state index in [2.05, 4.69) is 40.8 Å². The van der Waals surface area contributed by atoms with Gasteiger partial charge in [-0.05, 0) is 32.0 Å². The minimum Gasteiger partial charge on any atom is -0.336 e. The number of imidazole rings is 1. The normalized spacial score (nSPS) is 12.9. The second kappa shape index (κ2) is 5.47. The van der Waals surface area contributed by atoms with Gasteiger partial charge < -0.3 is 9.88 Å². The summed E-state index contributed by atoms with van der Waals surface area (Å²) in [5.74, 6) is 0. The average molecular weight is 249 g/mol. The van der Waals surface area contributed by atoms with Crippen LogP contribution < -0.4 is 5.32 Å². The van der Waals surface area contributed by atoms with Crippen LogP contribution in [0.25, 0.3) is 0 Å². The van der Waals surface area contributed by atoms with Crippen molar-refractivity contribution in [1.29, 1.82) is 0 Å². The molecule has 0 bridgehead atoms. The van der Waals surface area contributed by atoms with Crippen molar-refractivity contribution < 1.29 is 0 Å². The molecule has 0 amide bonds. The molecule has 92 valence electrons. The van der Waals surface area contributed by atoms with E-state index in [9.17, 15) is 0 Å². The summed E-state index contributed by atoms with van der Waals surface area (Å²) in [4.78, 5) is 6.92. The molecule has 0 saturated carbocycles. The van der Waals surface area contributed by atoms with Gasteiger partial charge in [0.15, 0.2) is 0 Å². The van der Waals surface area contributed by atoms with Crippen LogP contribution in [0.15, 0.2) is 24.7 Å². The van der Waals surface area contributed by atoms with Crippen LogP contribution in [0.2, 0.25) is 0 Å². The number of rotatable bonds is 5. The van der Waals surface area contributed by atoms with Crippen molar-refractivity contribution in [1.82, 2.24) is 14.9 Å². The van der Waals surface area contributed by atoms with Crippen molar-refractivity contribution in [3.8, 4) is 0 Å². The lowest BCUT2D eigenvalue weighted by atomic mass is 10.1. The molecule has 0 aliphatic carbocycles. The van der Waals surface area contributed by atoms with Crippen molar-refractivity contribution in [3.63, 3.8) is 0 Å². The molecule has 0 spiro atoms. The number of aryl methyl sites for hydroxylation is 2. The summed E-state index contributed by atoms with van der Waals surface area (Å²) in [7, 11) is 2.05. The number of hydrogen-bond acceptors (Lipinski definition) is 3. The molecule has 2 heterocycles. The quantitative estimate of drug-likeness (QED) is 0.883. The molecular formula is C13H19N3S. The van der Waals surface area contributed by atoms with Crippen LogP contribution in [0.4, 0.5) is 0 Å². The predicted octanol–water partition coefficient (Wildman–Crippen LogP) is 2.88. The van der Waals surface area contributed by atoms with Crippen LogP contribution >= 0.6 is 11.3 Å². The van der Waals surface area contributed by atoms with E-state index in [1.54, 1.807) is 0 Å². The fourth-order valence-corrected chi connectivity index (χ4v) is 2.86. The zero-order valence-corrected chi connectivity index (χ0v) is 11.4. The number of aromatic nitrogens is 2. The van der Waals surface area contributed by atoms with E-state index in [0.717, 1.165) is 13.0 Å². The summed E-state index contributed by atoms with van der Waals surface area (Å²) < 4.78 is 2.09. The highest BCUT2D eigenvalue weighted by molar-refractivity contribution is 7.12. The van der Waals surface area contributed by atoms with E-state index in [1.807, 2.05) is 30.9 Å². The third-order valence-corrected chi connectivity index (χ3v) is 3.86. The molecule has 2 rings (SSSR count). The lowest BCUT2D eigenvalue weighted by Gasteiger charge is -2.17. The van der Waals surface area contributed by atoms with Crippen molar-refractivity contribution in [2.75, 3.05) is 6.54 Å². The topological polar surface area (TPSA) is 29.9 Å². The largest absolute Gasteiger partial charge is 0.336 e. The minimum absolute atomic E-state index is 0.265. The Morgan fingerprint density at radius 2 is 2.29 bits per heavy atom. The molecule has 2 aromatic heterocycles. The molecule has 0 aliphatic heterocycles. The van der Waals surface area contributed by atoms with Gasteiger partial charge in [-0.2, -0.15) is 0 Å². The molecule has 3 nitrogen and oxygen atoms in total. The van der Waals surface area contributed by atoms with Crippen LogP contribution in [-0.4, -0.2) is 16.1 Å². The maximum absolute atomic E-state index is 4.21. The van der Waals surface area contributed by atoms with Crippen molar-refractivity contribution in [2.45, 2.75) is 26.3 Å². The molecular weight excluding hydrogens is 230 g/mol. The molecule has 2 aromatic rings. The summed E-state index contributed by atoms with van der Waals surface area (Å²) in [6.45, 7) is 5.36. The number of nitrogens with one attached hydrogen (secondary N) is 1. The third kappa shape index (κ3) is 2.76. The lowest BCUT2D eigenvalue weighted by Crippen LogP contribution is -2.24. The SMILES string of the molecule is CCCNC(c1ccc(C)s1)c1cncn1C. The highest BCUT2D eigenvalue weighted by Gasteiger charge is 2.17. The Kier molecular flexibility index (Phi) is 3.97. The standard InChI is InChI=1S/C13H19N3S/c1-4-7-15-13(11-8-14-9-16(11)3)12-6-5-10(2)17-12/h5-6,8-9,13,15H,4,7H2,1-3H3. The molecule has 1 unspecified atom stereocenters. The summed E-state index contributed by atoms with van der Waals surface area (Å²) in [5.41, 5.74) is 1.22. The van der Waals surface area contributed by atoms with E-state index in [0.29, 0.717) is 0 Å². The molecule has 0 aliphatic rings. The highest BCUT2D eigenvalue weighted by Crippen LogP contribution is 2.27. The second-order valence-corrected chi connectivity index (χ2v) is 5.58. The predicted molar refractivity (Wildman–Crippen MR) is 72.4 cm³/mol. The number of nitrogens with zero attached hydrogens (tertiary/aromatic N) is 2. The van der Waals surface area contributed by atoms with Crippen LogP contribution in [-0.2, 0) is 7.05 Å².